The molecule has 106 valence electrons. The molecule has 0 bridgehead atoms. The zero-order chi connectivity index (χ0) is 15.4. The molecule has 0 saturated heterocycles. The van der Waals surface area contributed by atoms with Gasteiger partial charge in [-0.15, -0.1) is 0 Å². The largest absolute Gasteiger partial charge is 0.381 e. The van der Waals surface area contributed by atoms with E-state index in [0.29, 0.717) is 11.1 Å². The molecule has 0 fully saturated rings. The molecule has 2 rings (SSSR count). The molecule has 3 N–H and O–H groups in total. The molecular formula is C16H14FN3O. The highest BCUT2D eigenvalue weighted by atomic mass is 19.1. The van der Waals surface area contributed by atoms with Crippen LogP contribution in [-0.4, -0.2) is 5.91 Å². The fraction of sp³-hybridized carbons (Fsp3) is 0.125. The number of amides is 1. The summed E-state index contributed by atoms with van der Waals surface area (Å²) in [6.07, 6.45) is 0. The monoisotopic (exact) mass is 283 g/mol. The highest BCUT2D eigenvalue weighted by Gasteiger charge is 2.08. The van der Waals surface area contributed by atoms with Crippen molar-refractivity contribution in [1.29, 1.82) is 5.26 Å². The third-order valence-electron chi connectivity index (χ3n) is 3.17. The first-order chi connectivity index (χ1) is 10.0. The van der Waals surface area contributed by atoms with Crippen molar-refractivity contribution in [2.45, 2.75) is 13.5 Å². The Morgan fingerprint density at radius 2 is 2.10 bits per heavy atom. The van der Waals surface area contributed by atoms with Gasteiger partial charge < -0.3 is 11.1 Å². The summed E-state index contributed by atoms with van der Waals surface area (Å²) in [5, 5.41) is 12.0. The summed E-state index contributed by atoms with van der Waals surface area (Å²) in [6, 6.07) is 11.3. The number of anilines is 1. The van der Waals surface area contributed by atoms with Gasteiger partial charge in [0.05, 0.1) is 11.6 Å². The molecule has 2 aromatic rings. The van der Waals surface area contributed by atoms with Crippen molar-refractivity contribution in [3.05, 3.63) is 64.5 Å². The number of aryl methyl sites for hydroxylation is 1. The van der Waals surface area contributed by atoms with Gasteiger partial charge in [0.15, 0.2) is 0 Å². The van der Waals surface area contributed by atoms with Crippen LogP contribution in [0.3, 0.4) is 0 Å². The van der Waals surface area contributed by atoms with E-state index < -0.39 is 11.7 Å². The molecule has 0 radical (unpaired) electrons. The number of carbonyl (C=O) groups excluding carboxylic acids is 1. The first-order valence-electron chi connectivity index (χ1n) is 6.34. The molecule has 1 amide bonds. The Hall–Kier alpha value is -2.87. The van der Waals surface area contributed by atoms with Gasteiger partial charge in [0, 0.05) is 23.4 Å². The number of primary amides is 1. The van der Waals surface area contributed by atoms with Gasteiger partial charge in [-0.3, -0.25) is 4.79 Å². The van der Waals surface area contributed by atoms with Crippen LogP contribution in [0, 0.1) is 24.1 Å². The van der Waals surface area contributed by atoms with Crippen molar-refractivity contribution in [2.24, 2.45) is 5.73 Å². The van der Waals surface area contributed by atoms with Crippen LogP contribution in [0.15, 0.2) is 36.4 Å². The molecule has 0 aromatic heterocycles. The third kappa shape index (κ3) is 3.37. The van der Waals surface area contributed by atoms with Crippen LogP contribution >= 0.6 is 0 Å². The summed E-state index contributed by atoms with van der Waals surface area (Å²) in [5.41, 5.74) is 8.00. The molecule has 0 spiro atoms. The number of hydrogen-bond acceptors (Lipinski definition) is 3. The minimum atomic E-state index is -0.598. The smallest absolute Gasteiger partial charge is 0.248 e. The van der Waals surface area contributed by atoms with E-state index in [1.165, 1.54) is 18.2 Å². The van der Waals surface area contributed by atoms with Crippen LogP contribution < -0.4 is 11.1 Å². The number of hydrogen-bond donors (Lipinski definition) is 2. The molecule has 0 heterocycles. The molecule has 21 heavy (non-hydrogen) atoms. The second-order valence-electron chi connectivity index (χ2n) is 4.67. The van der Waals surface area contributed by atoms with Crippen molar-refractivity contribution >= 4 is 11.6 Å². The van der Waals surface area contributed by atoms with Gasteiger partial charge in [0.2, 0.25) is 5.91 Å². The van der Waals surface area contributed by atoms with Gasteiger partial charge in [-0.25, -0.2) is 4.39 Å². The number of nitriles is 1. The molecule has 4 nitrogen and oxygen atoms in total. The van der Waals surface area contributed by atoms with E-state index >= 15 is 0 Å². The molecule has 5 heteroatoms. The Balaban J connectivity index is 2.22. The van der Waals surface area contributed by atoms with Gasteiger partial charge in [-0.05, 0) is 42.8 Å². The number of nitrogens with zero attached hydrogens (tertiary/aromatic N) is 1. The van der Waals surface area contributed by atoms with E-state index in [1.54, 1.807) is 12.1 Å². The van der Waals surface area contributed by atoms with E-state index in [9.17, 15) is 9.18 Å². The Morgan fingerprint density at radius 3 is 2.76 bits per heavy atom. The SMILES string of the molecule is Cc1ccc(C#N)cc1NCc1cc(C(N)=O)ccc1F. The Morgan fingerprint density at radius 1 is 1.33 bits per heavy atom. The average Bonchev–Trinajstić information content (AvgIpc) is 2.47. The number of benzene rings is 2. The maximum Gasteiger partial charge on any atom is 0.248 e. The van der Waals surface area contributed by atoms with E-state index in [1.807, 2.05) is 13.0 Å². The van der Waals surface area contributed by atoms with Gasteiger partial charge in [0.1, 0.15) is 5.82 Å². The fourth-order valence-electron chi connectivity index (χ4n) is 1.94. The van der Waals surface area contributed by atoms with Crippen molar-refractivity contribution in [3.63, 3.8) is 0 Å². The lowest BCUT2D eigenvalue weighted by Gasteiger charge is -2.11. The van der Waals surface area contributed by atoms with E-state index in [-0.39, 0.29) is 12.1 Å². The lowest BCUT2D eigenvalue weighted by Crippen LogP contribution is -2.12. The molecule has 0 aliphatic carbocycles. The summed E-state index contributed by atoms with van der Waals surface area (Å²) in [6.45, 7) is 2.09. The minimum absolute atomic E-state index is 0.197. The number of nitrogens with one attached hydrogen (secondary N) is 1. The number of nitrogens with two attached hydrogens (primary N) is 1. The maximum atomic E-state index is 13.7. The minimum Gasteiger partial charge on any atom is -0.381 e. The van der Waals surface area contributed by atoms with Crippen LogP contribution in [0.2, 0.25) is 0 Å². The highest BCUT2D eigenvalue weighted by molar-refractivity contribution is 5.92. The summed E-state index contributed by atoms with van der Waals surface area (Å²) in [7, 11) is 0. The lowest BCUT2D eigenvalue weighted by atomic mass is 10.1. The third-order valence-corrected chi connectivity index (χ3v) is 3.17. The second-order valence-corrected chi connectivity index (χ2v) is 4.67. The first kappa shape index (κ1) is 14.5. The summed E-state index contributed by atoms with van der Waals surface area (Å²) in [5.74, 6) is -1.01. The van der Waals surface area contributed by atoms with Gasteiger partial charge in [-0.2, -0.15) is 5.26 Å². The Labute approximate surface area is 122 Å². The molecule has 0 atom stereocenters. The topological polar surface area (TPSA) is 78.9 Å². The predicted molar refractivity (Wildman–Crippen MR) is 78.1 cm³/mol. The van der Waals surface area contributed by atoms with Crippen LogP contribution in [-0.2, 0) is 6.54 Å². The second kappa shape index (κ2) is 6.06. The van der Waals surface area contributed by atoms with Gasteiger partial charge >= 0.3 is 0 Å². The van der Waals surface area contributed by atoms with Crippen molar-refractivity contribution < 1.29 is 9.18 Å². The maximum absolute atomic E-state index is 13.7. The molecule has 2 aromatic carbocycles. The number of rotatable bonds is 4. The average molecular weight is 283 g/mol. The van der Waals surface area contributed by atoms with Crippen LogP contribution in [0.4, 0.5) is 10.1 Å². The zero-order valence-corrected chi connectivity index (χ0v) is 11.5. The summed E-state index contributed by atoms with van der Waals surface area (Å²) >= 11 is 0. The molecule has 0 aliphatic heterocycles. The highest BCUT2D eigenvalue weighted by Crippen LogP contribution is 2.19. The summed E-state index contributed by atoms with van der Waals surface area (Å²) in [4.78, 5) is 11.1. The quantitative estimate of drug-likeness (QED) is 0.905. The van der Waals surface area contributed by atoms with E-state index in [0.717, 1.165) is 11.3 Å². The van der Waals surface area contributed by atoms with E-state index in [2.05, 4.69) is 11.4 Å². The van der Waals surface area contributed by atoms with Crippen molar-refractivity contribution in [2.75, 3.05) is 5.32 Å². The van der Waals surface area contributed by atoms with Crippen molar-refractivity contribution in [1.82, 2.24) is 0 Å². The molecule has 0 aliphatic rings. The Kier molecular flexibility index (Phi) is 4.19. The molecule has 0 unspecified atom stereocenters. The van der Waals surface area contributed by atoms with Crippen LogP contribution in [0.5, 0.6) is 0 Å². The van der Waals surface area contributed by atoms with Gasteiger partial charge in [0.25, 0.3) is 0 Å². The van der Waals surface area contributed by atoms with Crippen LogP contribution in [0.1, 0.15) is 27.0 Å². The van der Waals surface area contributed by atoms with Crippen LogP contribution in [0.25, 0.3) is 0 Å². The molecular weight excluding hydrogens is 269 g/mol. The Bertz CT molecular complexity index is 735. The number of halogens is 1. The molecule has 0 saturated carbocycles. The first-order valence-corrected chi connectivity index (χ1v) is 6.34. The predicted octanol–water partition coefficient (Wildman–Crippen LogP) is 2.72. The van der Waals surface area contributed by atoms with Gasteiger partial charge in [-0.1, -0.05) is 6.07 Å². The summed E-state index contributed by atoms with van der Waals surface area (Å²) < 4.78 is 13.7. The van der Waals surface area contributed by atoms with Crippen molar-refractivity contribution in [3.8, 4) is 6.07 Å². The van der Waals surface area contributed by atoms with E-state index in [4.69, 9.17) is 11.0 Å². The standard InChI is InChI=1S/C16H14FN3O/c1-10-2-3-11(8-18)6-15(10)20-9-13-7-12(16(19)21)4-5-14(13)17/h2-7,20H,9H2,1H3,(H2,19,21). The number of carbonyl (C=O) groups is 1. The lowest BCUT2D eigenvalue weighted by molar-refractivity contribution is 0.1000. The fourth-order valence-corrected chi connectivity index (χ4v) is 1.94. The normalized spacial score (nSPS) is 9.95. The zero-order valence-electron chi connectivity index (χ0n) is 11.5.